The summed E-state index contributed by atoms with van der Waals surface area (Å²) in [5.74, 6) is -0.0394. The SMILES string of the molecule is CN1CCN(C(=O)c2cc3cc(Br)ccc3nc2Cl)CC1. The molecule has 0 saturated carbocycles. The molecule has 21 heavy (non-hydrogen) atoms. The van der Waals surface area contributed by atoms with Gasteiger partial charge in [-0.2, -0.15) is 0 Å². The molecular formula is C15H15BrClN3O. The molecular weight excluding hydrogens is 354 g/mol. The first-order valence-corrected chi connectivity index (χ1v) is 7.95. The van der Waals surface area contributed by atoms with Gasteiger partial charge in [-0.05, 0) is 31.3 Å². The van der Waals surface area contributed by atoms with Crippen LogP contribution in [0.5, 0.6) is 0 Å². The van der Waals surface area contributed by atoms with Crippen LogP contribution in [0.25, 0.3) is 10.9 Å². The number of fused-ring (bicyclic) bond motifs is 1. The Bertz CT molecular complexity index is 699. The highest BCUT2D eigenvalue weighted by molar-refractivity contribution is 9.10. The molecule has 3 rings (SSSR count). The Labute approximate surface area is 136 Å². The molecule has 6 heteroatoms. The number of carbonyl (C=O) groups is 1. The van der Waals surface area contributed by atoms with E-state index in [0.29, 0.717) is 5.56 Å². The third-order valence-electron chi connectivity index (χ3n) is 3.75. The van der Waals surface area contributed by atoms with E-state index in [2.05, 4.69) is 32.9 Å². The van der Waals surface area contributed by atoms with Crippen molar-refractivity contribution in [2.75, 3.05) is 33.2 Å². The van der Waals surface area contributed by atoms with Gasteiger partial charge in [-0.25, -0.2) is 4.98 Å². The van der Waals surface area contributed by atoms with Crippen LogP contribution in [0, 0.1) is 0 Å². The Morgan fingerprint density at radius 1 is 1.24 bits per heavy atom. The predicted molar refractivity (Wildman–Crippen MR) is 87.9 cm³/mol. The summed E-state index contributed by atoms with van der Waals surface area (Å²) in [6, 6.07) is 7.57. The summed E-state index contributed by atoms with van der Waals surface area (Å²) in [4.78, 5) is 21.0. The second-order valence-corrected chi connectivity index (χ2v) is 6.53. The molecule has 1 saturated heterocycles. The van der Waals surface area contributed by atoms with Crippen LogP contribution in [0.1, 0.15) is 10.4 Å². The Kier molecular flexibility index (Phi) is 4.15. The van der Waals surface area contributed by atoms with Crippen LogP contribution in [-0.2, 0) is 0 Å². The van der Waals surface area contributed by atoms with E-state index in [1.54, 1.807) is 0 Å². The van der Waals surface area contributed by atoms with Crippen molar-refractivity contribution in [3.05, 3.63) is 39.5 Å². The highest BCUT2D eigenvalue weighted by Crippen LogP contribution is 2.24. The molecule has 0 radical (unpaired) electrons. The van der Waals surface area contributed by atoms with E-state index in [9.17, 15) is 4.79 Å². The number of halogens is 2. The van der Waals surface area contributed by atoms with Crippen LogP contribution in [-0.4, -0.2) is 53.9 Å². The van der Waals surface area contributed by atoms with Gasteiger partial charge >= 0.3 is 0 Å². The minimum atomic E-state index is -0.0394. The molecule has 1 aliphatic rings. The van der Waals surface area contributed by atoms with Gasteiger partial charge in [0.25, 0.3) is 5.91 Å². The lowest BCUT2D eigenvalue weighted by Gasteiger charge is -2.32. The van der Waals surface area contributed by atoms with Gasteiger partial charge in [0, 0.05) is 36.0 Å². The first-order valence-electron chi connectivity index (χ1n) is 6.78. The van der Waals surface area contributed by atoms with Crippen molar-refractivity contribution >= 4 is 44.3 Å². The summed E-state index contributed by atoms with van der Waals surface area (Å²) in [6.07, 6.45) is 0. The van der Waals surface area contributed by atoms with Gasteiger partial charge in [-0.1, -0.05) is 27.5 Å². The molecule has 2 heterocycles. The van der Waals surface area contributed by atoms with E-state index in [4.69, 9.17) is 11.6 Å². The van der Waals surface area contributed by atoms with Crippen LogP contribution in [0.3, 0.4) is 0 Å². The average Bonchev–Trinajstić information content (AvgIpc) is 2.47. The molecule has 0 atom stereocenters. The number of nitrogens with zero attached hydrogens (tertiary/aromatic N) is 3. The fourth-order valence-corrected chi connectivity index (χ4v) is 3.06. The number of hydrogen-bond acceptors (Lipinski definition) is 3. The highest BCUT2D eigenvalue weighted by Gasteiger charge is 2.23. The smallest absolute Gasteiger partial charge is 0.257 e. The van der Waals surface area contributed by atoms with Crippen LogP contribution in [0.15, 0.2) is 28.7 Å². The minimum absolute atomic E-state index is 0.0394. The molecule has 110 valence electrons. The first-order chi connectivity index (χ1) is 10.0. The van der Waals surface area contributed by atoms with Gasteiger partial charge in [0.1, 0.15) is 5.15 Å². The normalized spacial score (nSPS) is 16.4. The third-order valence-corrected chi connectivity index (χ3v) is 4.53. The van der Waals surface area contributed by atoms with Gasteiger partial charge < -0.3 is 9.80 Å². The summed E-state index contributed by atoms with van der Waals surface area (Å²) >= 11 is 9.64. The Morgan fingerprint density at radius 2 is 1.95 bits per heavy atom. The number of hydrogen-bond donors (Lipinski definition) is 0. The first kappa shape index (κ1) is 14.8. The number of amides is 1. The predicted octanol–water partition coefficient (Wildman–Crippen LogP) is 3.04. The van der Waals surface area contributed by atoms with E-state index in [1.165, 1.54) is 0 Å². The Morgan fingerprint density at radius 3 is 2.67 bits per heavy atom. The van der Waals surface area contributed by atoms with E-state index in [0.717, 1.165) is 41.6 Å². The molecule has 1 aliphatic heterocycles. The van der Waals surface area contributed by atoms with Gasteiger partial charge in [-0.3, -0.25) is 4.79 Å². The topological polar surface area (TPSA) is 36.4 Å². The summed E-state index contributed by atoms with van der Waals surface area (Å²) in [5.41, 5.74) is 1.27. The Balaban J connectivity index is 1.95. The molecule has 0 aliphatic carbocycles. The molecule has 1 aromatic carbocycles. The van der Waals surface area contributed by atoms with Crippen molar-refractivity contribution < 1.29 is 4.79 Å². The van der Waals surface area contributed by atoms with Crippen LogP contribution < -0.4 is 0 Å². The molecule has 0 spiro atoms. The number of benzene rings is 1. The lowest BCUT2D eigenvalue weighted by Crippen LogP contribution is -2.47. The highest BCUT2D eigenvalue weighted by atomic mass is 79.9. The van der Waals surface area contributed by atoms with Crippen molar-refractivity contribution in [2.45, 2.75) is 0 Å². The maximum Gasteiger partial charge on any atom is 0.257 e. The van der Waals surface area contributed by atoms with Gasteiger partial charge in [0.2, 0.25) is 0 Å². The van der Waals surface area contributed by atoms with E-state index >= 15 is 0 Å². The summed E-state index contributed by atoms with van der Waals surface area (Å²) in [6.45, 7) is 3.22. The van der Waals surface area contributed by atoms with Crippen molar-refractivity contribution in [1.82, 2.24) is 14.8 Å². The summed E-state index contributed by atoms with van der Waals surface area (Å²) < 4.78 is 0.956. The van der Waals surface area contributed by atoms with Crippen molar-refractivity contribution in [3.63, 3.8) is 0 Å². The largest absolute Gasteiger partial charge is 0.336 e. The lowest BCUT2D eigenvalue weighted by molar-refractivity contribution is 0.0664. The third kappa shape index (κ3) is 3.05. The van der Waals surface area contributed by atoms with Crippen LogP contribution >= 0.6 is 27.5 Å². The second kappa shape index (κ2) is 5.91. The number of carbonyl (C=O) groups excluding carboxylic acids is 1. The zero-order chi connectivity index (χ0) is 15.0. The number of piperazine rings is 1. The Hall–Kier alpha value is -1.17. The van der Waals surface area contributed by atoms with Gasteiger partial charge in [0.15, 0.2) is 0 Å². The number of aromatic nitrogens is 1. The second-order valence-electron chi connectivity index (χ2n) is 5.26. The van der Waals surface area contributed by atoms with Crippen molar-refractivity contribution in [2.24, 2.45) is 0 Å². The molecule has 2 aromatic rings. The molecule has 1 fully saturated rings. The average molecular weight is 369 g/mol. The number of rotatable bonds is 1. The monoisotopic (exact) mass is 367 g/mol. The number of pyridine rings is 1. The summed E-state index contributed by atoms with van der Waals surface area (Å²) in [7, 11) is 2.06. The quantitative estimate of drug-likeness (QED) is 0.726. The fourth-order valence-electron chi connectivity index (χ4n) is 2.45. The van der Waals surface area contributed by atoms with E-state index < -0.39 is 0 Å². The molecule has 4 nitrogen and oxygen atoms in total. The molecule has 0 bridgehead atoms. The summed E-state index contributed by atoms with van der Waals surface area (Å²) in [5, 5.41) is 1.18. The fraction of sp³-hybridized carbons (Fsp3) is 0.333. The van der Waals surface area contributed by atoms with Crippen LogP contribution in [0.2, 0.25) is 5.15 Å². The van der Waals surface area contributed by atoms with Gasteiger partial charge in [-0.15, -0.1) is 0 Å². The lowest BCUT2D eigenvalue weighted by atomic mass is 10.1. The number of likely N-dealkylation sites (N-methyl/N-ethyl adjacent to an activating group) is 1. The van der Waals surface area contributed by atoms with Gasteiger partial charge in [0.05, 0.1) is 11.1 Å². The van der Waals surface area contributed by atoms with E-state index in [-0.39, 0.29) is 11.1 Å². The van der Waals surface area contributed by atoms with E-state index in [1.807, 2.05) is 29.2 Å². The zero-order valence-electron chi connectivity index (χ0n) is 11.6. The van der Waals surface area contributed by atoms with Crippen molar-refractivity contribution in [3.8, 4) is 0 Å². The molecule has 0 unspecified atom stereocenters. The minimum Gasteiger partial charge on any atom is -0.336 e. The standard InChI is InChI=1S/C15H15BrClN3O/c1-19-4-6-20(7-5-19)15(21)12-9-10-8-11(16)2-3-13(10)18-14(12)17/h2-3,8-9H,4-7H2,1H3. The molecule has 0 N–H and O–H groups in total. The van der Waals surface area contributed by atoms with Crippen LogP contribution in [0.4, 0.5) is 0 Å². The molecule has 1 aromatic heterocycles. The maximum absolute atomic E-state index is 12.6. The van der Waals surface area contributed by atoms with Crippen molar-refractivity contribution in [1.29, 1.82) is 0 Å². The maximum atomic E-state index is 12.6. The zero-order valence-corrected chi connectivity index (χ0v) is 14.0. The molecule has 1 amide bonds.